The van der Waals surface area contributed by atoms with Crippen LogP contribution in [0.25, 0.3) is 0 Å². The molecule has 1 amide bonds. The molecule has 3 rings (SSSR count). The highest BCUT2D eigenvalue weighted by Gasteiger charge is 2.58. The van der Waals surface area contributed by atoms with E-state index in [0.717, 1.165) is 43.5 Å². The third-order valence-electron chi connectivity index (χ3n) is 7.09. The van der Waals surface area contributed by atoms with E-state index in [9.17, 15) is 9.18 Å². The molecule has 1 spiro atoms. The van der Waals surface area contributed by atoms with Crippen LogP contribution in [-0.4, -0.2) is 56.3 Å². The van der Waals surface area contributed by atoms with Gasteiger partial charge in [-0.25, -0.2) is 4.39 Å². The highest BCUT2D eigenvalue weighted by molar-refractivity contribution is 5.93. The molecule has 7 heteroatoms. The molecular weight excluding hydrogens is 421 g/mol. The van der Waals surface area contributed by atoms with Gasteiger partial charge in [-0.2, -0.15) is 0 Å². The second-order valence-electron chi connectivity index (χ2n) is 9.86. The predicted octanol–water partition coefficient (Wildman–Crippen LogP) is 3.96. The van der Waals surface area contributed by atoms with Crippen molar-refractivity contribution in [3.05, 3.63) is 46.7 Å². The summed E-state index contributed by atoms with van der Waals surface area (Å²) in [5, 5.41) is 3.48. The second-order valence-corrected chi connectivity index (χ2v) is 9.86. The molecular formula is C26H40FN3O3. The maximum absolute atomic E-state index is 14.4. The van der Waals surface area contributed by atoms with Crippen molar-refractivity contribution in [3.63, 3.8) is 0 Å². The van der Waals surface area contributed by atoms with Crippen molar-refractivity contribution in [2.75, 3.05) is 33.4 Å². The minimum absolute atomic E-state index is 0.0325. The molecule has 1 aliphatic heterocycles. The van der Waals surface area contributed by atoms with Crippen LogP contribution in [0, 0.1) is 11.3 Å². The lowest BCUT2D eigenvalue weighted by atomic mass is 9.88. The van der Waals surface area contributed by atoms with Gasteiger partial charge in [-0.3, -0.25) is 4.79 Å². The molecule has 3 aliphatic rings. The molecule has 2 fully saturated rings. The van der Waals surface area contributed by atoms with Gasteiger partial charge in [0, 0.05) is 61.7 Å². The zero-order chi connectivity index (χ0) is 24.2. The molecule has 33 heavy (non-hydrogen) atoms. The molecule has 0 aromatic heterocycles. The predicted molar refractivity (Wildman–Crippen MR) is 129 cm³/mol. The monoisotopic (exact) mass is 461 g/mol. The van der Waals surface area contributed by atoms with Crippen LogP contribution in [0.5, 0.6) is 0 Å². The molecule has 3 N–H and O–H groups in total. The van der Waals surface area contributed by atoms with Gasteiger partial charge >= 0.3 is 0 Å². The van der Waals surface area contributed by atoms with E-state index >= 15 is 0 Å². The van der Waals surface area contributed by atoms with Gasteiger partial charge in [-0.1, -0.05) is 13.0 Å². The first-order valence-electron chi connectivity index (χ1n) is 12.1. The summed E-state index contributed by atoms with van der Waals surface area (Å²) in [4.78, 5) is 15.5. The number of nitrogens with one attached hydrogen (secondary N) is 1. The van der Waals surface area contributed by atoms with Crippen molar-refractivity contribution >= 4 is 5.91 Å². The van der Waals surface area contributed by atoms with Crippen molar-refractivity contribution in [2.24, 2.45) is 17.1 Å². The lowest BCUT2D eigenvalue weighted by molar-refractivity contribution is -0.130. The molecule has 1 saturated heterocycles. The minimum atomic E-state index is -0.465. The third kappa shape index (κ3) is 5.69. The molecule has 0 radical (unpaired) electrons. The average molecular weight is 462 g/mol. The number of carbonyl (C=O) groups is 1. The molecule has 0 bridgehead atoms. The lowest BCUT2D eigenvalue weighted by Gasteiger charge is -2.32. The first-order chi connectivity index (χ1) is 15.7. The van der Waals surface area contributed by atoms with Crippen molar-refractivity contribution in [2.45, 2.75) is 65.5 Å². The molecule has 184 valence electrons. The molecule has 2 unspecified atom stereocenters. The molecule has 6 nitrogen and oxygen atoms in total. The number of nitrogens with two attached hydrogens (primary N) is 1. The fourth-order valence-corrected chi connectivity index (χ4v) is 5.17. The SMILES string of the molecule is COCCCOC(/C=C(\N)C(=O)N(C(C)C)C1C[C@@]12CCCNC2)=C1\C(C)=CC=C(F)C1C. The Hall–Kier alpha value is -2.12. The number of allylic oxidation sites excluding steroid dienone is 6. The van der Waals surface area contributed by atoms with Gasteiger partial charge in [0.25, 0.3) is 5.91 Å². The number of carbonyl (C=O) groups excluding carboxylic acids is 1. The highest BCUT2D eigenvalue weighted by atomic mass is 19.1. The van der Waals surface area contributed by atoms with Gasteiger partial charge in [-0.15, -0.1) is 0 Å². The Morgan fingerprint density at radius 1 is 1.39 bits per heavy atom. The Labute approximate surface area is 197 Å². The van der Waals surface area contributed by atoms with Crippen LogP contribution in [0.1, 0.15) is 53.4 Å². The second kappa shape index (κ2) is 10.9. The molecule has 0 aromatic rings. The van der Waals surface area contributed by atoms with Gasteiger partial charge < -0.3 is 25.4 Å². The van der Waals surface area contributed by atoms with E-state index in [0.29, 0.717) is 25.4 Å². The van der Waals surface area contributed by atoms with Crippen LogP contribution in [0.4, 0.5) is 4.39 Å². The van der Waals surface area contributed by atoms with Crippen molar-refractivity contribution in [3.8, 4) is 0 Å². The Morgan fingerprint density at radius 2 is 2.15 bits per heavy atom. The Balaban J connectivity index is 1.87. The molecule has 0 aromatic carbocycles. The van der Waals surface area contributed by atoms with E-state index in [4.69, 9.17) is 15.2 Å². The van der Waals surface area contributed by atoms with E-state index in [1.165, 1.54) is 6.08 Å². The van der Waals surface area contributed by atoms with Crippen LogP contribution in [0.15, 0.2) is 46.7 Å². The number of rotatable bonds is 9. The fourth-order valence-electron chi connectivity index (χ4n) is 5.17. The number of halogens is 1. The largest absolute Gasteiger partial charge is 0.493 e. The number of amides is 1. The van der Waals surface area contributed by atoms with Crippen LogP contribution in [0.2, 0.25) is 0 Å². The first kappa shape index (κ1) is 25.5. The molecule has 3 atom stereocenters. The van der Waals surface area contributed by atoms with Gasteiger partial charge in [0.05, 0.1) is 6.61 Å². The quantitative estimate of drug-likeness (QED) is 0.309. The van der Waals surface area contributed by atoms with Crippen molar-refractivity contribution in [1.82, 2.24) is 10.2 Å². The zero-order valence-electron chi connectivity index (χ0n) is 20.7. The standard InChI is InChI=1S/C26H40FN3O3/c1-17(2)30(23-15-26(23)10-6-11-29-16-26)25(31)21(28)14-22(33-13-7-12-32-5)24-18(3)8-9-20(27)19(24)4/h8-9,14,17,19,23,29H,6-7,10-13,15-16,28H2,1-5H3/b21-14-,24-22+/t19?,23?,26-/m1/s1. The number of hydrogen-bond donors (Lipinski definition) is 2. The van der Waals surface area contributed by atoms with E-state index in [1.807, 2.05) is 25.7 Å². The maximum atomic E-state index is 14.4. The zero-order valence-corrected chi connectivity index (χ0v) is 20.7. The van der Waals surface area contributed by atoms with Gasteiger partial charge in [0.2, 0.25) is 0 Å². The van der Waals surface area contributed by atoms with Gasteiger partial charge in [-0.05, 0) is 58.2 Å². The number of ether oxygens (including phenoxy) is 2. The number of methoxy groups -OCH3 is 1. The van der Waals surface area contributed by atoms with E-state index < -0.39 is 5.92 Å². The number of nitrogens with zero attached hydrogens (tertiary/aromatic N) is 1. The van der Waals surface area contributed by atoms with E-state index in [2.05, 4.69) is 5.32 Å². The number of piperidine rings is 1. The molecule has 1 saturated carbocycles. The molecule has 1 heterocycles. The first-order valence-corrected chi connectivity index (χ1v) is 12.1. The summed E-state index contributed by atoms with van der Waals surface area (Å²) in [6.07, 6.45) is 8.77. The minimum Gasteiger partial charge on any atom is -0.493 e. The van der Waals surface area contributed by atoms with Crippen molar-refractivity contribution < 1.29 is 18.7 Å². The maximum Gasteiger partial charge on any atom is 0.270 e. The third-order valence-corrected chi connectivity index (χ3v) is 7.09. The van der Waals surface area contributed by atoms with Gasteiger partial charge in [0.15, 0.2) is 0 Å². The fraction of sp³-hybridized carbons (Fsp3) is 0.654. The summed E-state index contributed by atoms with van der Waals surface area (Å²) in [5.41, 5.74) is 8.30. The Morgan fingerprint density at radius 3 is 2.79 bits per heavy atom. The van der Waals surface area contributed by atoms with Crippen molar-refractivity contribution in [1.29, 1.82) is 0 Å². The Bertz CT molecular complexity index is 853. The highest BCUT2D eigenvalue weighted by Crippen LogP contribution is 2.54. The average Bonchev–Trinajstić information content (AvgIpc) is 3.45. The number of hydrogen-bond acceptors (Lipinski definition) is 5. The summed E-state index contributed by atoms with van der Waals surface area (Å²) in [7, 11) is 1.64. The van der Waals surface area contributed by atoms with Crippen LogP contribution in [0.3, 0.4) is 0 Å². The van der Waals surface area contributed by atoms with Crippen LogP contribution in [-0.2, 0) is 14.3 Å². The normalized spacial score (nSPS) is 29.0. The lowest BCUT2D eigenvalue weighted by Crippen LogP contribution is -2.45. The summed E-state index contributed by atoms with van der Waals surface area (Å²) in [6, 6.07) is 0.226. The van der Waals surface area contributed by atoms with Gasteiger partial charge in [0.1, 0.15) is 17.3 Å². The van der Waals surface area contributed by atoms with Crippen LogP contribution >= 0.6 is 0 Å². The summed E-state index contributed by atoms with van der Waals surface area (Å²) in [5.74, 6) is -0.430. The van der Waals surface area contributed by atoms with Crippen LogP contribution < -0.4 is 11.1 Å². The topological polar surface area (TPSA) is 76.8 Å². The summed E-state index contributed by atoms with van der Waals surface area (Å²) in [6.45, 7) is 10.7. The van der Waals surface area contributed by atoms with E-state index in [-0.39, 0.29) is 34.9 Å². The summed E-state index contributed by atoms with van der Waals surface area (Å²) >= 11 is 0. The smallest absolute Gasteiger partial charge is 0.270 e. The molecule has 2 aliphatic carbocycles. The Kier molecular flexibility index (Phi) is 8.40. The van der Waals surface area contributed by atoms with E-state index in [1.54, 1.807) is 26.2 Å². The summed E-state index contributed by atoms with van der Waals surface area (Å²) < 4.78 is 25.6.